The lowest BCUT2D eigenvalue weighted by Gasteiger charge is -2.28. The van der Waals surface area contributed by atoms with Gasteiger partial charge in [0, 0.05) is 13.0 Å². The summed E-state index contributed by atoms with van der Waals surface area (Å²) in [7, 11) is 0. The highest BCUT2D eigenvalue weighted by Gasteiger charge is 2.38. The van der Waals surface area contributed by atoms with E-state index in [1.165, 1.54) is 52.0 Å². The van der Waals surface area contributed by atoms with Crippen LogP contribution in [0.3, 0.4) is 0 Å². The van der Waals surface area contributed by atoms with E-state index in [0.717, 1.165) is 20.8 Å². The van der Waals surface area contributed by atoms with Crippen LogP contribution in [0.4, 0.5) is 0 Å². The smallest absolute Gasteiger partial charge is 0.322 e. The van der Waals surface area contributed by atoms with Gasteiger partial charge in [-0.1, -0.05) is 60.1 Å². The summed E-state index contributed by atoms with van der Waals surface area (Å²) in [4.78, 5) is 252. The Morgan fingerprint density at radius 2 is 0.759 bits per heavy atom. The minimum absolute atomic E-state index is 0.0480. The van der Waals surface area contributed by atoms with Gasteiger partial charge in [0.05, 0.1) is 57.0 Å². The molecule has 0 aliphatic carbocycles. The third-order valence-electron chi connectivity index (χ3n) is 17.1. The van der Waals surface area contributed by atoms with Crippen LogP contribution in [-0.4, -0.2) is 285 Å². The van der Waals surface area contributed by atoms with E-state index < -0.39 is 254 Å². The molecular formula is C70H115N21O25. The predicted molar refractivity (Wildman–Crippen MR) is 409 cm³/mol. The van der Waals surface area contributed by atoms with Gasteiger partial charge in [-0.05, 0) is 103 Å². The molecule has 1 aromatic carbocycles. The summed E-state index contributed by atoms with van der Waals surface area (Å²) >= 11 is 0. The highest BCUT2D eigenvalue weighted by atomic mass is 16.4. The number of nitrogens with one attached hydrogen (secondary N) is 17. The van der Waals surface area contributed by atoms with Crippen molar-refractivity contribution < 1.29 is 122 Å². The zero-order valence-corrected chi connectivity index (χ0v) is 66.9. The number of carboxylic acid groups (broad SMARTS) is 2. The molecule has 46 nitrogen and oxygen atoms in total. The summed E-state index contributed by atoms with van der Waals surface area (Å²) in [6.45, 7) is 13.9. The lowest BCUT2D eigenvalue weighted by atomic mass is 9.97. The molecule has 650 valence electrons. The fourth-order valence-corrected chi connectivity index (χ4v) is 10.2. The molecule has 0 saturated heterocycles. The Labute approximate surface area is 668 Å². The lowest BCUT2D eigenvalue weighted by Crippen LogP contribution is -2.61. The second-order valence-electron chi connectivity index (χ2n) is 28.3. The van der Waals surface area contributed by atoms with Crippen molar-refractivity contribution >= 4 is 118 Å². The molecule has 17 atom stereocenters. The van der Waals surface area contributed by atoms with Gasteiger partial charge in [-0.3, -0.25) is 96.1 Å². The van der Waals surface area contributed by atoms with Crippen molar-refractivity contribution in [3.05, 3.63) is 29.8 Å². The number of nitrogens with zero attached hydrogens (tertiary/aromatic N) is 1. The Hall–Kier alpha value is -11.9. The van der Waals surface area contributed by atoms with Gasteiger partial charge in [0.2, 0.25) is 100 Å². The molecule has 0 fully saturated rings. The number of phenols is 1. The maximum Gasteiger partial charge on any atom is 0.322 e. The molecule has 0 unspecified atom stereocenters. The van der Waals surface area contributed by atoms with Crippen molar-refractivity contribution in [2.45, 2.75) is 225 Å². The number of hydrogen-bond acceptors (Lipinski definition) is 25. The number of nitrogens with two attached hydrogens (primary N) is 3. The van der Waals surface area contributed by atoms with Crippen molar-refractivity contribution in [3.8, 4) is 5.75 Å². The lowest BCUT2D eigenvalue weighted by molar-refractivity contribution is -0.141. The summed E-state index contributed by atoms with van der Waals surface area (Å²) < 4.78 is 0. The van der Waals surface area contributed by atoms with E-state index in [2.05, 4.69) is 95.4 Å². The van der Waals surface area contributed by atoms with Crippen molar-refractivity contribution in [3.63, 3.8) is 0 Å². The number of aliphatic imine (C=N–C) groups is 1. The van der Waals surface area contributed by atoms with Crippen molar-refractivity contribution in [1.29, 1.82) is 0 Å². The minimum Gasteiger partial charge on any atom is -0.508 e. The standard InChI is InChI=1S/C70H115N21O25/c1-14-32(6)53(66(113)77-27-48(98)80-34(8)58(105)84-42(16-15-21-74-70(72)73)61(108)79-29-51(102)103)89-64(111)44(23-40-17-19-41(95)20-18-40)87-69(116)55(38(12)93)88-49(99)28-78-67(114)54(37(11)92)90-63(110)43(22-30(2)3)85-59(106)35(9)82-47(97)26-76-62(109)45(24-50(100)101)86-60(107)36(10)81-46(96)25-75-57(104)33(7)83-68(115)56(39(13)94)91-65(112)52(71)31(4)5/h17-20,30-39,42-45,52-56,92-95H,14-16,21-29,71H2,1-13H3,(H,75,104)(H,76,109)(H,77,113)(H,78,114)(H,79,108)(H,80,98)(H,81,96)(H,82,97)(H,83,115)(H,84,105)(H,85,106)(H,86,107)(H,87,116)(H,88,99)(H,89,111)(H,90,110)(H,91,112)(H,100,101)(H,102,103)(H4,72,73,74)/t32-,33-,34-,35-,36-,37+,38+,39+,42-,43-,44-,45-,52-,53-,54-,55-,56-/m0/s1. The second kappa shape index (κ2) is 51.0. The van der Waals surface area contributed by atoms with Crippen LogP contribution in [0.15, 0.2) is 29.3 Å². The van der Waals surface area contributed by atoms with Gasteiger partial charge in [-0.15, -0.1) is 0 Å². The van der Waals surface area contributed by atoms with E-state index in [0.29, 0.717) is 5.56 Å². The van der Waals surface area contributed by atoms with Crippen LogP contribution in [0.1, 0.15) is 128 Å². The van der Waals surface area contributed by atoms with E-state index in [1.807, 2.05) is 0 Å². The number of aliphatic carboxylic acids is 2. The summed E-state index contributed by atoms with van der Waals surface area (Å²) in [5, 5.41) is 99.2. The molecule has 0 aliphatic rings. The molecule has 116 heavy (non-hydrogen) atoms. The third-order valence-corrected chi connectivity index (χ3v) is 17.1. The van der Waals surface area contributed by atoms with E-state index in [1.54, 1.807) is 41.5 Å². The van der Waals surface area contributed by atoms with Crippen LogP contribution in [0, 0.1) is 17.8 Å². The fourth-order valence-electron chi connectivity index (χ4n) is 10.2. The van der Waals surface area contributed by atoms with E-state index in [4.69, 9.17) is 22.3 Å². The van der Waals surface area contributed by atoms with Crippen molar-refractivity contribution in [2.24, 2.45) is 39.9 Å². The fraction of sp³-hybridized carbons (Fsp3) is 0.629. The van der Waals surface area contributed by atoms with Crippen LogP contribution in [0.25, 0.3) is 0 Å². The number of carbonyl (C=O) groups excluding carboxylic acids is 17. The number of aliphatic hydroxyl groups is 3. The van der Waals surface area contributed by atoms with Crippen LogP contribution in [-0.2, 0) is 97.5 Å². The van der Waals surface area contributed by atoms with Gasteiger partial charge in [0.1, 0.15) is 84.8 Å². The SMILES string of the molecule is CC[C@H](C)[C@H](NC(=O)[C@H](Cc1ccc(O)cc1)NC(=O)[C@@H](NC(=O)CNC(=O)[C@@H](NC(=O)[C@H](CC(C)C)NC(=O)[C@H](C)NC(=O)CNC(=O)[C@H](CC(=O)O)NC(=O)[C@H](C)NC(=O)CNC(=O)[C@H](C)NC(=O)[C@@H](NC(=O)[C@@H](N)C(C)C)[C@@H](C)O)[C@@H](C)O)[C@@H](C)O)C(=O)NCC(=O)N[C@@H](C)C(=O)N[C@@H](CCCN=C(N)N)C(=O)NCC(=O)O. The number of benzene rings is 1. The van der Waals surface area contributed by atoms with E-state index in [9.17, 15) is 117 Å². The zero-order valence-electron chi connectivity index (χ0n) is 66.9. The number of amides is 17. The van der Waals surface area contributed by atoms with Gasteiger partial charge in [0.25, 0.3) is 0 Å². The Morgan fingerprint density at radius 1 is 0.388 bits per heavy atom. The average Bonchev–Trinajstić information content (AvgIpc) is 0.843. The molecule has 0 heterocycles. The largest absolute Gasteiger partial charge is 0.508 e. The van der Waals surface area contributed by atoms with Gasteiger partial charge in [-0.25, -0.2) is 0 Å². The van der Waals surface area contributed by atoms with Crippen molar-refractivity contribution in [1.82, 2.24) is 90.4 Å². The van der Waals surface area contributed by atoms with E-state index >= 15 is 0 Å². The maximum absolute atomic E-state index is 14.3. The number of aromatic hydroxyl groups is 1. The molecule has 0 spiro atoms. The number of hydrogen-bond donors (Lipinski definition) is 26. The molecule has 0 radical (unpaired) electrons. The first-order valence-electron chi connectivity index (χ1n) is 37.1. The molecule has 17 amide bonds. The van der Waals surface area contributed by atoms with Gasteiger partial charge < -0.3 is 138 Å². The number of aliphatic hydroxyl groups excluding tert-OH is 3. The number of carboxylic acids is 2. The quantitative estimate of drug-likeness (QED) is 0.0164. The summed E-state index contributed by atoms with van der Waals surface area (Å²) in [5.41, 5.74) is 16.8. The van der Waals surface area contributed by atoms with Gasteiger partial charge in [0.15, 0.2) is 5.96 Å². The Kier molecular flexibility index (Phi) is 44.9. The predicted octanol–water partition coefficient (Wildman–Crippen LogP) is -10.8. The Morgan fingerprint density at radius 3 is 1.21 bits per heavy atom. The maximum atomic E-state index is 14.3. The summed E-state index contributed by atoms with van der Waals surface area (Å²) in [6, 6.07) is -14.2. The normalized spacial score (nSPS) is 15.4. The third kappa shape index (κ3) is 38.7. The topological polar surface area (TPSA) is 741 Å². The first-order chi connectivity index (χ1) is 54.0. The zero-order chi connectivity index (χ0) is 88.7. The molecule has 1 rings (SSSR count). The Bertz CT molecular complexity index is 3630. The highest BCUT2D eigenvalue weighted by molar-refractivity contribution is 6.01. The van der Waals surface area contributed by atoms with Gasteiger partial charge in [-0.2, -0.15) is 0 Å². The van der Waals surface area contributed by atoms with E-state index in [-0.39, 0.29) is 62.2 Å². The molecule has 0 saturated carbocycles. The number of carbonyl (C=O) groups is 19. The molecular weight excluding hydrogens is 1530 g/mol. The Balaban J connectivity index is 3.11. The molecule has 0 aliphatic heterocycles. The molecule has 0 aromatic heterocycles. The number of phenolic OH excluding ortho intramolecular Hbond substituents is 1. The highest BCUT2D eigenvalue weighted by Crippen LogP contribution is 2.15. The molecule has 46 heteroatoms. The number of rotatable bonds is 51. The van der Waals surface area contributed by atoms with Crippen LogP contribution >= 0.6 is 0 Å². The number of guanidine groups is 1. The first-order valence-corrected chi connectivity index (χ1v) is 37.1. The second-order valence-corrected chi connectivity index (χ2v) is 28.3. The summed E-state index contributed by atoms with van der Waals surface area (Å²) in [5.74, 6) is -21.8. The molecule has 1 aromatic rings. The summed E-state index contributed by atoms with van der Waals surface area (Å²) in [6.07, 6.45) is -5.97. The van der Waals surface area contributed by atoms with Crippen LogP contribution in [0.2, 0.25) is 0 Å². The van der Waals surface area contributed by atoms with Crippen LogP contribution in [0.5, 0.6) is 5.75 Å². The van der Waals surface area contributed by atoms with Crippen molar-refractivity contribution in [2.75, 3.05) is 39.3 Å². The molecule has 29 N–H and O–H groups in total. The minimum atomic E-state index is -1.88. The monoisotopic (exact) mass is 1650 g/mol. The van der Waals surface area contributed by atoms with Crippen LogP contribution < -0.4 is 108 Å². The van der Waals surface area contributed by atoms with Gasteiger partial charge >= 0.3 is 11.9 Å². The first kappa shape index (κ1) is 102. The average molecular weight is 1650 g/mol. The molecule has 0 bridgehead atoms.